The Morgan fingerprint density at radius 2 is 2.33 bits per heavy atom. The Morgan fingerprint density at radius 1 is 1.53 bits per heavy atom. The monoisotopic (exact) mass is 203 g/mol. The Hall–Kier alpha value is -1.31. The standard InChI is InChI=1S/C13H17NO/c1-3-10-5-4-6-11-12(10)14-8-7-13(11,2)9-15/h4-6,9,14H,3,7-8H2,1-2H3. The third-order valence-electron chi connectivity index (χ3n) is 3.35. The van der Waals surface area contributed by atoms with E-state index in [2.05, 4.69) is 24.4 Å². The lowest BCUT2D eigenvalue weighted by atomic mass is 9.77. The van der Waals surface area contributed by atoms with Crippen molar-refractivity contribution in [3.63, 3.8) is 0 Å². The minimum Gasteiger partial charge on any atom is -0.385 e. The van der Waals surface area contributed by atoms with E-state index >= 15 is 0 Å². The first kappa shape index (κ1) is 10.2. The lowest BCUT2D eigenvalue weighted by Gasteiger charge is -2.33. The van der Waals surface area contributed by atoms with Crippen LogP contribution in [0.5, 0.6) is 0 Å². The van der Waals surface area contributed by atoms with Gasteiger partial charge in [-0.15, -0.1) is 0 Å². The lowest BCUT2D eigenvalue weighted by molar-refractivity contribution is -0.112. The second kappa shape index (κ2) is 3.69. The third kappa shape index (κ3) is 1.54. The molecule has 2 heteroatoms. The molecule has 0 radical (unpaired) electrons. The molecular weight excluding hydrogens is 186 g/mol. The Bertz CT molecular complexity index is 386. The van der Waals surface area contributed by atoms with Gasteiger partial charge in [-0.1, -0.05) is 25.1 Å². The Balaban J connectivity index is 2.58. The second-order valence-corrected chi connectivity index (χ2v) is 4.41. The van der Waals surface area contributed by atoms with Gasteiger partial charge in [0.25, 0.3) is 0 Å². The first-order valence-electron chi connectivity index (χ1n) is 5.54. The van der Waals surface area contributed by atoms with E-state index in [0.717, 1.165) is 31.2 Å². The molecule has 0 bridgehead atoms. The van der Waals surface area contributed by atoms with E-state index in [1.54, 1.807) is 0 Å². The number of hydrogen-bond acceptors (Lipinski definition) is 2. The van der Waals surface area contributed by atoms with Crippen molar-refractivity contribution in [3.8, 4) is 0 Å². The van der Waals surface area contributed by atoms with Gasteiger partial charge < -0.3 is 10.1 Å². The maximum Gasteiger partial charge on any atom is 0.130 e. The summed E-state index contributed by atoms with van der Waals surface area (Å²) in [6.07, 6.45) is 2.98. The van der Waals surface area contributed by atoms with Crippen molar-refractivity contribution in [3.05, 3.63) is 29.3 Å². The van der Waals surface area contributed by atoms with E-state index in [9.17, 15) is 4.79 Å². The predicted octanol–water partition coefficient (Wildman–Crippen LogP) is 2.52. The van der Waals surface area contributed by atoms with Crippen LogP contribution in [0.1, 0.15) is 31.4 Å². The fourth-order valence-corrected chi connectivity index (χ4v) is 2.28. The largest absolute Gasteiger partial charge is 0.385 e. The maximum atomic E-state index is 11.2. The summed E-state index contributed by atoms with van der Waals surface area (Å²) in [4.78, 5) is 11.2. The van der Waals surface area contributed by atoms with Crippen LogP contribution in [-0.4, -0.2) is 12.8 Å². The number of carbonyl (C=O) groups is 1. The van der Waals surface area contributed by atoms with E-state index in [1.165, 1.54) is 11.3 Å². The summed E-state index contributed by atoms with van der Waals surface area (Å²) in [5.41, 5.74) is 3.34. The van der Waals surface area contributed by atoms with Gasteiger partial charge in [-0.2, -0.15) is 0 Å². The van der Waals surface area contributed by atoms with Crippen LogP contribution in [0, 0.1) is 0 Å². The molecule has 0 saturated carbocycles. The zero-order valence-electron chi connectivity index (χ0n) is 9.34. The molecule has 2 rings (SSSR count). The van der Waals surface area contributed by atoms with Crippen molar-refractivity contribution in [2.45, 2.75) is 32.1 Å². The highest BCUT2D eigenvalue weighted by atomic mass is 16.1. The number of benzene rings is 1. The Labute approximate surface area is 90.7 Å². The molecule has 1 N–H and O–H groups in total. The lowest BCUT2D eigenvalue weighted by Crippen LogP contribution is -2.33. The number of anilines is 1. The summed E-state index contributed by atoms with van der Waals surface area (Å²) < 4.78 is 0. The molecule has 1 aliphatic heterocycles. The zero-order chi connectivity index (χ0) is 10.9. The fourth-order valence-electron chi connectivity index (χ4n) is 2.28. The SMILES string of the molecule is CCc1cccc2c1NCCC2(C)C=O. The van der Waals surface area contributed by atoms with Crippen LogP contribution in [0.25, 0.3) is 0 Å². The van der Waals surface area contributed by atoms with Gasteiger partial charge in [0.2, 0.25) is 0 Å². The summed E-state index contributed by atoms with van der Waals surface area (Å²) >= 11 is 0. The normalized spacial score (nSPS) is 24.1. The molecule has 0 spiro atoms. The van der Waals surface area contributed by atoms with Gasteiger partial charge >= 0.3 is 0 Å². The van der Waals surface area contributed by atoms with Crippen LogP contribution < -0.4 is 5.32 Å². The molecule has 0 saturated heterocycles. The molecule has 15 heavy (non-hydrogen) atoms. The highest BCUT2D eigenvalue weighted by Gasteiger charge is 2.32. The summed E-state index contributed by atoms with van der Waals surface area (Å²) in [5.74, 6) is 0. The summed E-state index contributed by atoms with van der Waals surface area (Å²) in [5, 5.41) is 3.41. The van der Waals surface area contributed by atoms with E-state index in [0.29, 0.717) is 0 Å². The van der Waals surface area contributed by atoms with Gasteiger partial charge in [-0.3, -0.25) is 0 Å². The van der Waals surface area contributed by atoms with Crippen molar-refractivity contribution in [1.29, 1.82) is 0 Å². The molecule has 1 unspecified atom stereocenters. The summed E-state index contributed by atoms with van der Waals surface area (Å²) in [7, 11) is 0. The number of hydrogen-bond donors (Lipinski definition) is 1. The summed E-state index contributed by atoms with van der Waals surface area (Å²) in [6.45, 7) is 5.06. The minimum atomic E-state index is -0.300. The van der Waals surface area contributed by atoms with Gasteiger partial charge in [0, 0.05) is 12.2 Å². The Morgan fingerprint density at radius 3 is 3.00 bits per heavy atom. The van der Waals surface area contributed by atoms with Gasteiger partial charge in [-0.25, -0.2) is 0 Å². The number of para-hydroxylation sites is 1. The van der Waals surface area contributed by atoms with Gasteiger partial charge in [0.15, 0.2) is 0 Å². The highest BCUT2D eigenvalue weighted by Crippen LogP contribution is 2.37. The van der Waals surface area contributed by atoms with Crippen LogP contribution in [0.2, 0.25) is 0 Å². The van der Waals surface area contributed by atoms with Gasteiger partial charge in [0.05, 0.1) is 5.41 Å². The fraction of sp³-hybridized carbons (Fsp3) is 0.462. The molecule has 1 aliphatic rings. The van der Waals surface area contributed by atoms with Crippen LogP contribution in [0.3, 0.4) is 0 Å². The smallest absolute Gasteiger partial charge is 0.130 e. The number of nitrogens with one attached hydrogen (secondary N) is 1. The number of carbonyl (C=O) groups excluding carboxylic acids is 1. The molecule has 0 amide bonds. The van der Waals surface area contributed by atoms with Crippen LogP contribution in [0.15, 0.2) is 18.2 Å². The average molecular weight is 203 g/mol. The number of rotatable bonds is 2. The molecule has 80 valence electrons. The van der Waals surface area contributed by atoms with Crippen LogP contribution >= 0.6 is 0 Å². The molecule has 0 fully saturated rings. The van der Waals surface area contributed by atoms with Crippen molar-refractivity contribution < 1.29 is 4.79 Å². The molecule has 1 heterocycles. The van der Waals surface area contributed by atoms with E-state index < -0.39 is 0 Å². The van der Waals surface area contributed by atoms with E-state index in [4.69, 9.17) is 0 Å². The summed E-state index contributed by atoms with van der Waals surface area (Å²) in [6, 6.07) is 6.24. The zero-order valence-corrected chi connectivity index (χ0v) is 9.34. The highest BCUT2D eigenvalue weighted by molar-refractivity contribution is 5.76. The molecule has 2 nitrogen and oxygen atoms in total. The average Bonchev–Trinajstić information content (AvgIpc) is 2.29. The molecule has 0 aromatic heterocycles. The third-order valence-corrected chi connectivity index (χ3v) is 3.35. The second-order valence-electron chi connectivity index (χ2n) is 4.41. The van der Waals surface area contributed by atoms with Crippen molar-refractivity contribution in [2.75, 3.05) is 11.9 Å². The first-order chi connectivity index (χ1) is 7.21. The molecular formula is C13H17NO. The van der Waals surface area contributed by atoms with Crippen molar-refractivity contribution in [2.24, 2.45) is 0 Å². The molecule has 1 aromatic carbocycles. The van der Waals surface area contributed by atoms with E-state index in [1.807, 2.05) is 13.0 Å². The van der Waals surface area contributed by atoms with Crippen molar-refractivity contribution >= 4 is 12.0 Å². The quantitative estimate of drug-likeness (QED) is 0.748. The van der Waals surface area contributed by atoms with Crippen molar-refractivity contribution in [1.82, 2.24) is 0 Å². The maximum absolute atomic E-state index is 11.2. The minimum absolute atomic E-state index is 0.300. The van der Waals surface area contributed by atoms with Crippen LogP contribution in [-0.2, 0) is 16.6 Å². The predicted molar refractivity (Wildman–Crippen MR) is 62.3 cm³/mol. The van der Waals surface area contributed by atoms with Gasteiger partial charge in [0.1, 0.15) is 6.29 Å². The Kier molecular flexibility index (Phi) is 2.51. The number of fused-ring (bicyclic) bond motifs is 1. The number of aryl methyl sites for hydroxylation is 1. The first-order valence-corrected chi connectivity index (χ1v) is 5.54. The van der Waals surface area contributed by atoms with Crippen LogP contribution in [0.4, 0.5) is 5.69 Å². The number of aldehydes is 1. The van der Waals surface area contributed by atoms with E-state index in [-0.39, 0.29) is 5.41 Å². The molecule has 1 atom stereocenters. The molecule has 1 aromatic rings. The molecule has 0 aliphatic carbocycles. The van der Waals surface area contributed by atoms with Gasteiger partial charge in [-0.05, 0) is 30.9 Å². The topological polar surface area (TPSA) is 29.1 Å².